The summed E-state index contributed by atoms with van der Waals surface area (Å²) in [6.07, 6.45) is 0.358. The standard InChI is InChI=1S/C24H25ClN4O2/c1-29(2)21-14-12-19(13-15-21)26-23(30)22(16-17-6-4-3-5-7-17)28-24(31)27-20-10-8-18(25)9-11-20/h3-15,22H,16H2,1-2H3,(H,26,30)(H2,27,28,31)/t22-/m0/s1. The van der Waals surface area contributed by atoms with E-state index in [0.717, 1.165) is 11.3 Å². The molecule has 3 rings (SSSR count). The third-order valence-electron chi connectivity index (χ3n) is 4.66. The van der Waals surface area contributed by atoms with Crippen molar-refractivity contribution in [1.29, 1.82) is 0 Å². The van der Waals surface area contributed by atoms with Gasteiger partial charge in [0.15, 0.2) is 0 Å². The summed E-state index contributed by atoms with van der Waals surface area (Å²) >= 11 is 5.88. The Hall–Kier alpha value is -3.51. The fourth-order valence-electron chi connectivity index (χ4n) is 2.99. The third-order valence-corrected chi connectivity index (χ3v) is 4.91. The Bertz CT molecular complexity index is 1010. The van der Waals surface area contributed by atoms with Crippen LogP contribution in [0.15, 0.2) is 78.9 Å². The van der Waals surface area contributed by atoms with Gasteiger partial charge < -0.3 is 20.9 Å². The van der Waals surface area contributed by atoms with Gasteiger partial charge in [-0.3, -0.25) is 4.79 Å². The lowest BCUT2D eigenvalue weighted by Crippen LogP contribution is -2.46. The van der Waals surface area contributed by atoms with Crippen LogP contribution < -0.4 is 20.9 Å². The number of hydrogen-bond donors (Lipinski definition) is 3. The summed E-state index contributed by atoms with van der Waals surface area (Å²) in [4.78, 5) is 27.5. The molecule has 0 unspecified atom stereocenters. The molecular weight excluding hydrogens is 412 g/mol. The Balaban J connectivity index is 1.70. The molecule has 0 saturated heterocycles. The van der Waals surface area contributed by atoms with E-state index in [4.69, 9.17) is 11.6 Å². The Morgan fingerprint density at radius 3 is 2.03 bits per heavy atom. The van der Waals surface area contributed by atoms with Gasteiger partial charge in [0.05, 0.1) is 0 Å². The fourth-order valence-corrected chi connectivity index (χ4v) is 3.12. The molecule has 0 aromatic heterocycles. The number of hydrogen-bond acceptors (Lipinski definition) is 3. The molecule has 3 N–H and O–H groups in total. The van der Waals surface area contributed by atoms with E-state index in [9.17, 15) is 9.59 Å². The molecule has 0 aliphatic heterocycles. The summed E-state index contributed by atoms with van der Waals surface area (Å²) < 4.78 is 0. The number of benzene rings is 3. The first-order valence-electron chi connectivity index (χ1n) is 9.86. The van der Waals surface area contributed by atoms with Gasteiger partial charge in [0.2, 0.25) is 5.91 Å². The topological polar surface area (TPSA) is 73.5 Å². The third kappa shape index (κ3) is 6.76. The van der Waals surface area contributed by atoms with Gasteiger partial charge in [-0.15, -0.1) is 0 Å². The summed E-state index contributed by atoms with van der Waals surface area (Å²) in [6.45, 7) is 0. The number of urea groups is 1. The van der Waals surface area contributed by atoms with Crippen molar-refractivity contribution in [2.45, 2.75) is 12.5 Å². The van der Waals surface area contributed by atoms with Gasteiger partial charge in [-0.05, 0) is 54.1 Å². The van der Waals surface area contributed by atoms with Crippen LogP contribution in [-0.2, 0) is 11.2 Å². The maximum Gasteiger partial charge on any atom is 0.319 e. The van der Waals surface area contributed by atoms with E-state index in [0.29, 0.717) is 22.8 Å². The maximum absolute atomic E-state index is 13.0. The number of anilines is 3. The molecule has 160 valence electrons. The van der Waals surface area contributed by atoms with Crippen molar-refractivity contribution in [2.24, 2.45) is 0 Å². The van der Waals surface area contributed by atoms with E-state index in [1.54, 1.807) is 24.3 Å². The molecule has 0 aliphatic carbocycles. The molecule has 0 bridgehead atoms. The zero-order chi connectivity index (χ0) is 22.2. The number of halogens is 1. The molecule has 0 heterocycles. The van der Waals surface area contributed by atoms with E-state index < -0.39 is 12.1 Å². The second-order valence-electron chi connectivity index (χ2n) is 7.28. The average molecular weight is 437 g/mol. The average Bonchev–Trinajstić information content (AvgIpc) is 2.76. The highest BCUT2D eigenvalue weighted by molar-refractivity contribution is 6.30. The molecule has 7 heteroatoms. The van der Waals surface area contributed by atoms with Crippen molar-refractivity contribution in [3.05, 3.63) is 89.4 Å². The molecule has 6 nitrogen and oxygen atoms in total. The molecule has 0 radical (unpaired) electrons. The number of nitrogens with one attached hydrogen (secondary N) is 3. The van der Waals surface area contributed by atoms with Gasteiger partial charge in [-0.1, -0.05) is 41.9 Å². The van der Waals surface area contributed by atoms with Crippen LogP contribution in [0.3, 0.4) is 0 Å². The quantitative estimate of drug-likeness (QED) is 0.499. The summed E-state index contributed by atoms with van der Waals surface area (Å²) in [6, 6.07) is 22.6. The van der Waals surface area contributed by atoms with Crippen molar-refractivity contribution in [3.63, 3.8) is 0 Å². The predicted octanol–water partition coefficient (Wildman–Crippen LogP) is 4.78. The van der Waals surface area contributed by atoms with E-state index in [-0.39, 0.29) is 5.91 Å². The zero-order valence-electron chi connectivity index (χ0n) is 17.4. The van der Waals surface area contributed by atoms with Crippen molar-refractivity contribution < 1.29 is 9.59 Å². The first-order chi connectivity index (χ1) is 14.9. The van der Waals surface area contributed by atoms with Crippen molar-refractivity contribution in [2.75, 3.05) is 29.6 Å². The Kier molecular flexibility index (Phi) is 7.51. The van der Waals surface area contributed by atoms with E-state index in [1.807, 2.05) is 73.6 Å². The molecule has 0 saturated carbocycles. The van der Waals surface area contributed by atoms with Crippen LogP contribution in [0.2, 0.25) is 5.02 Å². The Morgan fingerprint density at radius 2 is 1.42 bits per heavy atom. The van der Waals surface area contributed by atoms with Crippen LogP contribution in [-0.4, -0.2) is 32.1 Å². The summed E-state index contributed by atoms with van der Waals surface area (Å²) in [5.74, 6) is -0.298. The fraction of sp³-hybridized carbons (Fsp3) is 0.167. The van der Waals surface area contributed by atoms with Gasteiger partial charge in [-0.2, -0.15) is 0 Å². The molecular formula is C24H25ClN4O2. The first-order valence-corrected chi connectivity index (χ1v) is 10.2. The van der Waals surface area contributed by atoms with Crippen LogP contribution in [0.4, 0.5) is 21.9 Å². The molecule has 0 spiro atoms. The van der Waals surface area contributed by atoms with Gasteiger partial charge in [0.1, 0.15) is 6.04 Å². The van der Waals surface area contributed by atoms with Crippen LogP contribution in [0.25, 0.3) is 0 Å². The number of amides is 3. The van der Waals surface area contributed by atoms with Gasteiger partial charge >= 0.3 is 6.03 Å². The van der Waals surface area contributed by atoms with Gasteiger partial charge in [0.25, 0.3) is 0 Å². The largest absolute Gasteiger partial charge is 0.378 e. The first kappa shape index (κ1) is 22.2. The molecule has 1 atom stereocenters. The monoisotopic (exact) mass is 436 g/mol. The smallest absolute Gasteiger partial charge is 0.319 e. The van der Waals surface area contributed by atoms with Crippen LogP contribution in [0, 0.1) is 0 Å². The molecule has 3 aromatic carbocycles. The van der Waals surface area contributed by atoms with Gasteiger partial charge in [0, 0.05) is 42.6 Å². The van der Waals surface area contributed by atoms with E-state index in [1.165, 1.54) is 0 Å². The minimum absolute atomic E-state index is 0.298. The number of carbonyl (C=O) groups excluding carboxylic acids is 2. The second-order valence-corrected chi connectivity index (χ2v) is 7.71. The molecule has 3 amide bonds. The van der Waals surface area contributed by atoms with Crippen molar-refractivity contribution in [1.82, 2.24) is 5.32 Å². The Labute approximate surface area is 187 Å². The highest BCUT2D eigenvalue weighted by Gasteiger charge is 2.21. The maximum atomic E-state index is 13.0. The lowest BCUT2D eigenvalue weighted by atomic mass is 10.1. The van der Waals surface area contributed by atoms with Gasteiger partial charge in [-0.25, -0.2) is 4.79 Å². The van der Waals surface area contributed by atoms with E-state index in [2.05, 4.69) is 16.0 Å². The van der Waals surface area contributed by atoms with E-state index >= 15 is 0 Å². The minimum atomic E-state index is -0.761. The molecule has 0 fully saturated rings. The van der Waals surface area contributed by atoms with Crippen LogP contribution in [0.5, 0.6) is 0 Å². The molecule has 31 heavy (non-hydrogen) atoms. The SMILES string of the molecule is CN(C)c1ccc(NC(=O)[C@H](Cc2ccccc2)NC(=O)Nc2ccc(Cl)cc2)cc1. The summed E-state index contributed by atoms with van der Waals surface area (Å²) in [5.41, 5.74) is 3.21. The highest BCUT2D eigenvalue weighted by atomic mass is 35.5. The lowest BCUT2D eigenvalue weighted by molar-refractivity contribution is -0.117. The summed E-state index contributed by atoms with van der Waals surface area (Å²) in [5, 5.41) is 8.97. The summed E-state index contributed by atoms with van der Waals surface area (Å²) in [7, 11) is 3.90. The van der Waals surface area contributed by atoms with Crippen LogP contribution >= 0.6 is 11.6 Å². The second kappa shape index (κ2) is 10.5. The highest BCUT2D eigenvalue weighted by Crippen LogP contribution is 2.17. The number of rotatable bonds is 7. The molecule has 0 aliphatic rings. The zero-order valence-corrected chi connectivity index (χ0v) is 18.2. The van der Waals surface area contributed by atoms with Crippen LogP contribution in [0.1, 0.15) is 5.56 Å². The number of carbonyl (C=O) groups is 2. The van der Waals surface area contributed by atoms with Crippen molar-refractivity contribution in [3.8, 4) is 0 Å². The number of nitrogens with zero attached hydrogens (tertiary/aromatic N) is 1. The minimum Gasteiger partial charge on any atom is -0.378 e. The predicted molar refractivity (Wildman–Crippen MR) is 127 cm³/mol. The van der Waals surface area contributed by atoms with Crippen molar-refractivity contribution >= 4 is 40.6 Å². The lowest BCUT2D eigenvalue weighted by Gasteiger charge is -2.20. The Morgan fingerprint density at radius 1 is 0.839 bits per heavy atom. The molecule has 3 aromatic rings. The normalized spacial score (nSPS) is 11.3.